The molecule has 0 amide bonds. The summed E-state index contributed by atoms with van der Waals surface area (Å²) in [4.78, 5) is 16.2. The normalized spacial score (nSPS) is 20.2. The van der Waals surface area contributed by atoms with Crippen molar-refractivity contribution in [3.05, 3.63) is 41.5 Å². The summed E-state index contributed by atoms with van der Waals surface area (Å²) >= 11 is 0. The molecule has 1 aromatic rings. The molecule has 2 heterocycles. The van der Waals surface area contributed by atoms with E-state index in [0.29, 0.717) is 12.3 Å². The van der Waals surface area contributed by atoms with E-state index in [1.165, 1.54) is 55.5 Å². The first kappa shape index (κ1) is 19.3. The van der Waals surface area contributed by atoms with E-state index in [1.54, 1.807) is 6.92 Å². The summed E-state index contributed by atoms with van der Waals surface area (Å²) in [5, 5.41) is 0. The van der Waals surface area contributed by atoms with Gasteiger partial charge < -0.3 is 0 Å². The maximum absolute atomic E-state index is 11.2. The third kappa shape index (κ3) is 5.28. The largest absolute Gasteiger partial charge is 0.299 e. The van der Waals surface area contributed by atoms with Crippen molar-refractivity contribution in [2.24, 2.45) is 5.92 Å². The van der Waals surface area contributed by atoms with Gasteiger partial charge in [0.05, 0.1) is 6.54 Å². The highest BCUT2D eigenvalue weighted by molar-refractivity contribution is 5.77. The number of carbonyl (C=O) groups excluding carboxylic acids is 1. The Bertz CT molecular complexity index is 629. The van der Waals surface area contributed by atoms with Crippen LogP contribution < -0.4 is 0 Å². The van der Waals surface area contributed by atoms with E-state index in [4.69, 9.17) is 0 Å². The molecule has 0 aromatic heterocycles. The smallest absolute Gasteiger partial charge is 0.143 e. The number of hydrogen-bond donors (Lipinski definition) is 0. The molecular weight excluding hydrogens is 320 g/mol. The van der Waals surface area contributed by atoms with Crippen molar-refractivity contribution < 1.29 is 4.79 Å². The number of ketones is 1. The van der Waals surface area contributed by atoms with Crippen LogP contribution in [0, 0.1) is 5.92 Å². The first-order valence-corrected chi connectivity index (χ1v) is 10.4. The molecule has 1 aromatic carbocycles. The minimum atomic E-state index is 0.295. The van der Waals surface area contributed by atoms with Gasteiger partial charge in [0.1, 0.15) is 5.78 Å². The Morgan fingerprint density at radius 1 is 1.12 bits per heavy atom. The molecule has 3 heteroatoms. The highest BCUT2D eigenvalue weighted by Gasteiger charge is 2.21. The molecule has 142 valence electrons. The van der Waals surface area contributed by atoms with Crippen LogP contribution in [0.4, 0.5) is 0 Å². The van der Waals surface area contributed by atoms with Crippen molar-refractivity contribution >= 4 is 11.4 Å². The molecule has 26 heavy (non-hydrogen) atoms. The van der Waals surface area contributed by atoms with E-state index in [-0.39, 0.29) is 0 Å². The predicted molar refractivity (Wildman–Crippen MR) is 109 cm³/mol. The van der Waals surface area contributed by atoms with Gasteiger partial charge in [0.15, 0.2) is 0 Å². The summed E-state index contributed by atoms with van der Waals surface area (Å²) in [6.45, 7) is 10.3. The van der Waals surface area contributed by atoms with E-state index in [0.717, 1.165) is 32.0 Å². The van der Waals surface area contributed by atoms with E-state index < -0.39 is 0 Å². The van der Waals surface area contributed by atoms with E-state index in [9.17, 15) is 4.79 Å². The number of hydrogen-bond acceptors (Lipinski definition) is 3. The van der Waals surface area contributed by atoms with Gasteiger partial charge in [0.2, 0.25) is 0 Å². The maximum Gasteiger partial charge on any atom is 0.143 e. The van der Waals surface area contributed by atoms with Crippen LogP contribution in [-0.2, 0) is 11.2 Å². The van der Waals surface area contributed by atoms with Gasteiger partial charge in [0.25, 0.3) is 0 Å². The summed E-state index contributed by atoms with van der Waals surface area (Å²) < 4.78 is 0. The molecule has 1 saturated heterocycles. The van der Waals surface area contributed by atoms with Gasteiger partial charge >= 0.3 is 0 Å². The zero-order valence-corrected chi connectivity index (χ0v) is 16.5. The summed E-state index contributed by atoms with van der Waals surface area (Å²) in [7, 11) is 0. The lowest BCUT2D eigenvalue weighted by Gasteiger charge is -2.33. The fourth-order valence-corrected chi connectivity index (χ4v) is 4.41. The Kier molecular flexibility index (Phi) is 7.04. The molecule has 0 spiro atoms. The minimum absolute atomic E-state index is 0.295. The first-order valence-electron chi connectivity index (χ1n) is 10.4. The molecule has 0 atom stereocenters. The number of rotatable bonds is 7. The van der Waals surface area contributed by atoms with Gasteiger partial charge in [-0.2, -0.15) is 0 Å². The molecule has 2 aliphatic heterocycles. The Morgan fingerprint density at radius 2 is 1.88 bits per heavy atom. The van der Waals surface area contributed by atoms with Crippen LogP contribution in [0.5, 0.6) is 0 Å². The summed E-state index contributed by atoms with van der Waals surface area (Å²) in [5.74, 6) is 1.13. The molecule has 0 unspecified atom stereocenters. The molecule has 3 rings (SSSR count). The maximum atomic E-state index is 11.2. The number of benzene rings is 1. The summed E-state index contributed by atoms with van der Waals surface area (Å²) in [5.41, 5.74) is 4.48. The van der Waals surface area contributed by atoms with Gasteiger partial charge in [-0.1, -0.05) is 37.3 Å². The molecule has 1 fully saturated rings. The zero-order valence-electron chi connectivity index (χ0n) is 16.5. The van der Waals surface area contributed by atoms with Crippen molar-refractivity contribution in [2.75, 3.05) is 39.3 Å². The van der Waals surface area contributed by atoms with Gasteiger partial charge in [-0.15, -0.1) is 0 Å². The molecular formula is C23H34N2O. The fraction of sp³-hybridized carbons (Fsp3) is 0.609. The number of aryl methyl sites for hydroxylation is 1. The summed E-state index contributed by atoms with van der Waals surface area (Å²) in [6.07, 6.45) is 8.56. The SMILES string of the molecule is CCc1ccccc1C1=CCN(CCC2CCN(CC(C)=O)CC2)CC1. The number of nitrogens with zero attached hydrogens (tertiary/aromatic N) is 2. The summed E-state index contributed by atoms with van der Waals surface area (Å²) in [6, 6.07) is 8.87. The number of Topliss-reactive ketones (excluding diaryl/α,β-unsaturated/α-hetero) is 1. The van der Waals surface area contributed by atoms with Gasteiger partial charge in [-0.3, -0.25) is 14.6 Å². The van der Waals surface area contributed by atoms with E-state index in [2.05, 4.69) is 47.1 Å². The van der Waals surface area contributed by atoms with Crippen molar-refractivity contribution in [3.63, 3.8) is 0 Å². The molecule has 2 aliphatic rings. The van der Waals surface area contributed by atoms with Gasteiger partial charge in [-0.05, 0) is 81.3 Å². The van der Waals surface area contributed by atoms with Gasteiger partial charge in [-0.25, -0.2) is 0 Å². The highest BCUT2D eigenvalue weighted by Crippen LogP contribution is 2.27. The molecule has 0 N–H and O–H groups in total. The molecule has 3 nitrogen and oxygen atoms in total. The predicted octanol–water partition coefficient (Wildman–Crippen LogP) is 4.03. The van der Waals surface area contributed by atoms with Crippen LogP contribution in [0.3, 0.4) is 0 Å². The standard InChI is InChI=1S/C23H34N2O/c1-3-21-6-4-5-7-23(21)22-11-16-24(17-12-22)13-8-20-9-14-25(15-10-20)18-19(2)26/h4-7,11,20H,3,8-10,12-18H2,1-2H3. The third-order valence-corrected chi connectivity index (χ3v) is 6.04. The second-order valence-corrected chi connectivity index (χ2v) is 8.00. The molecule has 0 saturated carbocycles. The minimum Gasteiger partial charge on any atom is -0.299 e. The number of carbonyl (C=O) groups is 1. The Balaban J connectivity index is 1.43. The van der Waals surface area contributed by atoms with Crippen LogP contribution in [0.15, 0.2) is 30.3 Å². The van der Waals surface area contributed by atoms with Crippen molar-refractivity contribution in [2.45, 2.75) is 46.0 Å². The van der Waals surface area contributed by atoms with Crippen LogP contribution >= 0.6 is 0 Å². The van der Waals surface area contributed by atoms with Gasteiger partial charge in [0, 0.05) is 13.1 Å². The van der Waals surface area contributed by atoms with Crippen LogP contribution in [0.2, 0.25) is 0 Å². The van der Waals surface area contributed by atoms with Crippen molar-refractivity contribution in [1.82, 2.24) is 9.80 Å². The van der Waals surface area contributed by atoms with E-state index in [1.807, 2.05) is 0 Å². The molecule has 0 bridgehead atoms. The van der Waals surface area contributed by atoms with Crippen molar-refractivity contribution in [1.29, 1.82) is 0 Å². The third-order valence-electron chi connectivity index (χ3n) is 6.04. The monoisotopic (exact) mass is 354 g/mol. The fourth-order valence-electron chi connectivity index (χ4n) is 4.41. The average Bonchev–Trinajstić information content (AvgIpc) is 2.67. The van der Waals surface area contributed by atoms with Crippen LogP contribution in [0.25, 0.3) is 5.57 Å². The Labute approximate surface area is 159 Å². The second-order valence-electron chi connectivity index (χ2n) is 8.00. The van der Waals surface area contributed by atoms with Crippen LogP contribution in [-0.4, -0.2) is 54.9 Å². The Hall–Kier alpha value is -1.45. The number of likely N-dealkylation sites (tertiary alicyclic amines) is 1. The lowest BCUT2D eigenvalue weighted by atomic mass is 9.92. The lowest BCUT2D eigenvalue weighted by Crippen LogP contribution is -2.38. The highest BCUT2D eigenvalue weighted by atomic mass is 16.1. The molecule has 0 radical (unpaired) electrons. The average molecular weight is 355 g/mol. The number of piperidine rings is 1. The topological polar surface area (TPSA) is 23.6 Å². The Morgan fingerprint density at radius 3 is 2.54 bits per heavy atom. The van der Waals surface area contributed by atoms with Crippen LogP contribution in [0.1, 0.15) is 50.7 Å². The van der Waals surface area contributed by atoms with E-state index >= 15 is 0 Å². The first-order chi connectivity index (χ1) is 12.7. The zero-order chi connectivity index (χ0) is 18.4. The quantitative estimate of drug-likeness (QED) is 0.739. The molecule has 0 aliphatic carbocycles. The lowest BCUT2D eigenvalue weighted by molar-refractivity contribution is -0.118. The van der Waals surface area contributed by atoms with Crippen molar-refractivity contribution in [3.8, 4) is 0 Å². The second kappa shape index (κ2) is 9.48.